The third-order valence-electron chi connectivity index (χ3n) is 4.27. The van der Waals surface area contributed by atoms with E-state index in [0.717, 1.165) is 11.1 Å². The lowest BCUT2D eigenvalue weighted by molar-refractivity contribution is 0.311. The summed E-state index contributed by atoms with van der Waals surface area (Å²) >= 11 is 0. The van der Waals surface area contributed by atoms with Crippen LogP contribution in [0, 0.1) is 6.92 Å². The summed E-state index contributed by atoms with van der Waals surface area (Å²) in [7, 11) is 5.08. The van der Waals surface area contributed by atoms with Gasteiger partial charge in [-0.3, -0.25) is 18.8 Å². The van der Waals surface area contributed by atoms with Crippen molar-refractivity contribution in [1.29, 1.82) is 0 Å². The van der Waals surface area contributed by atoms with Gasteiger partial charge in [0.05, 0.1) is 6.54 Å². The minimum Gasteiger partial charge on any atom is -0.335 e. The first-order valence-corrected chi connectivity index (χ1v) is 7.76. The van der Waals surface area contributed by atoms with E-state index in [4.69, 9.17) is 0 Å². The normalized spacial score (nSPS) is 11.5. The van der Waals surface area contributed by atoms with Gasteiger partial charge < -0.3 is 4.98 Å². The summed E-state index contributed by atoms with van der Waals surface area (Å²) in [4.78, 5) is 33.8. The number of aromatic amines is 1. The number of aromatic nitrogens is 4. The summed E-state index contributed by atoms with van der Waals surface area (Å²) < 4.78 is 2.47. The Hall–Kier alpha value is -2.67. The molecule has 3 aromatic rings. The maximum Gasteiger partial charge on any atom is 0.332 e. The summed E-state index contributed by atoms with van der Waals surface area (Å²) in [5.41, 5.74) is 2.51. The number of rotatable bonds is 4. The third-order valence-corrected chi connectivity index (χ3v) is 4.27. The van der Waals surface area contributed by atoms with Gasteiger partial charge in [0.1, 0.15) is 11.3 Å². The van der Waals surface area contributed by atoms with Crippen LogP contribution in [-0.4, -0.2) is 31.0 Å². The summed E-state index contributed by atoms with van der Waals surface area (Å²) in [6.07, 6.45) is 0. The van der Waals surface area contributed by atoms with Crippen LogP contribution in [0.5, 0.6) is 0 Å². The molecule has 0 aliphatic rings. The van der Waals surface area contributed by atoms with E-state index in [1.165, 1.54) is 22.7 Å². The molecule has 0 saturated heterocycles. The number of fused-ring (bicyclic) bond motifs is 1. The molecule has 24 heavy (non-hydrogen) atoms. The van der Waals surface area contributed by atoms with Crippen LogP contribution < -0.4 is 11.2 Å². The maximum absolute atomic E-state index is 12.2. The second kappa shape index (κ2) is 6.09. The molecule has 0 atom stereocenters. The Bertz CT molecular complexity index is 1010. The monoisotopic (exact) mass is 327 g/mol. The van der Waals surface area contributed by atoms with Crippen LogP contribution in [0.15, 0.2) is 33.9 Å². The van der Waals surface area contributed by atoms with Gasteiger partial charge in [-0.05, 0) is 25.1 Å². The molecule has 3 rings (SSSR count). The molecule has 0 radical (unpaired) electrons. The predicted molar refractivity (Wildman–Crippen MR) is 92.9 cm³/mol. The molecule has 0 bridgehead atoms. The number of hydrogen-bond acceptors (Lipinski definition) is 4. The highest BCUT2D eigenvalue weighted by Crippen LogP contribution is 2.12. The van der Waals surface area contributed by atoms with Gasteiger partial charge in [0.15, 0.2) is 5.65 Å². The van der Waals surface area contributed by atoms with Crippen molar-refractivity contribution in [2.75, 3.05) is 7.05 Å². The minimum absolute atomic E-state index is 0.353. The highest BCUT2D eigenvalue weighted by molar-refractivity contribution is 5.69. The van der Waals surface area contributed by atoms with E-state index < -0.39 is 0 Å². The van der Waals surface area contributed by atoms with Gasteiger partial charge in [-0.15, -0.1) is 0 Å². The van der Waals surface area contributed by atoms with Crippen molar-refractivity contribution < 1.29 is 0 Å². The fraction of sp³-hybridized carbons (Fsp3) is 0.353. The molecular formula is C17H21N5O2. The largest absolute Gasteiger partial charge is 0.335 e. The van der Waals surface area contributed by atoms with Crippen molar-refractivity contribution in [2.45, 2.75) is 20.0 Å². The van der Waals surface area contributed by atoms with Gasteiger partial charge in [0.25, 0.3) is 5.56 Å². The Kier molecular flexibility index (Phi) is 4.11. The molecule has 1 aromatic carbocycles. The zero-order chi connectivity index (χ0) is 17.4. The van der Waals surface area contributed by atoms with Crippen LogP contribution in [0.1, 0.15) is 17.0 Å². The number of aryl methyl sites for hydroxylation is 2. The van der Waals surface area contributed by atoms with E-state index in [2.05, 4.69) is 33.9 Å². The molecule has 7 heteroatoms. The molecule has 7 nitrogen and oxygen atoms in total. The Morgan fingerprint density at radius 2 is 1.83 bits per heavy atom. The van der Waals surface area contributed by atoms with Crippen molar-refractivity contribution in [1.82, 2.24) is 24.0 Å². The lowest BCUT2D eigenvalue weighted by Crippen LogP contribution is -2.36. The molecule has 1 N–H and O–H groups in total. The van der Waals surface area contributed by atoms with E-state index in [9.17, 15) is 9.59 Å². The lowest BCUT2D eigenvalue weighted by atomic mass is 10.1. The summed E-state index contributed by atoms with van der Waals surface area (Å²) in [6, 6.07) is 8.24. The number of nitrogens with one attached hydrogen (secondary N) is 1. The molecule has 0 aliphatic heterocycles. The summed E-state index contributed by atoms with van der Waals surface area (Å²) in [5.74, 6) is 0.666. The number of imidazole rings is 1. The smallest absolute Gasteiger partial charge is 0.332 e. The van der Waals surface area contributed by atoms with Crippen LogP contribution in [0.3, 0.4) is 0 Å². The molecule has 2 aromatic heterocycles. The SMILES string of the molecule is Cc1ccccc1CN(C)Cc1nc2c([nH]1)c(=O)n(C)c(=O)n2C. The Morgan fingerprint density at radius 1 is 1.12 bits per heavy atom. The topological polar surface area (TPSA) is 75.9 Å². The number of H-pyrrole nitrogens is 1. The fourth-order valence-electron chi connectivity index (χ4n) is 2.84. The van der Waals surface area contributed by atoms with Crippen LogP contribution in [-0.2, 0) is 27.2 Å². The Morgan fingerprint density at radius 3 is 2.54 bits per heavy atom. The highest BCUT2D eigenvalue weighted by atomic mass is 16.2. The molecule has 0 amide bonds. The molecule has 0 unspecified atom stereocenters. The van der Waals surface area contributed by atoms with Crippen LogP contribution in [0.4, 0.5) is 0 Å². The van der Waals surface area contributed by atoms with Crippen molar-refractivity contribution in [2.24, 2.45) is 14.1 Å². The zero-order valence-corrected chi connectivity index (χ0v) is 14.3. The van der Waals surface area contributed by atoms with Crippen LogP contribution >= 0.6 is 0 Å². The summed E-state index contributed by atoms with van der Waals surface area (Å²) in [5, 5.41) is 0. The first kappa shape index (κ1) is 16.2. The fourth-order valence-corrected chi connectivity index (χ4v) is 2.84. The summed E-state index contributed by atoms with van der Waals surface area (Å²) in [6.45, 7) is 3.42. The molecule has 0 saturated carbocycles. The number of hydrogen-bond donors (Lipinski definition) is 1. The van der Waals surface area contributed by atoms with Gasteiger partial charge in [-0.1, -0.05) is 24.3 Å². The minimum atomic E-state index is -0.376. The first-order chi connectivity index (χ1) is 11.4. The van der Waals surface area contributed by atoms with Crippen molar-refractivity contribution in [3.63, 3.8) is 0 Å². The van der Waals surface area contributed by atoms with Gasteiger partial charge in [0.2, 0.25) is 0 Å². The van der Waals surface area contributed by atoms with E-state index in [0.29, 0.717) is 23.5 Å². The average Bonchev–Trinajstić information content (AvgIpc) is 2.97. The van der Waals surface area contributed by atoms with Crippen molar-refractivity contribution >= 4 is 11.2 Å². The predicted octanol–water partition coefficient (Wildman–Crippen LogP) is 0.901. The average molecular weight is 327 g/mol. The van der Waals surface area contributed by atoms with E-state index in [1.54, 1.807) is 7.05 Å². The first-order valence-electron chi connectivity index (χ1n) is 7.76. The molecule has 2 heterocycles. The maximum atomic E-state index is 12.2. The lowest BCUT2D eigenvalue weighted by Gasteiger charge is -2.16. The van der Waals surface area contributed by atoms with Gasteiger partial charge in [-0.2, -0.15) is 0 Å². The molecule has 0 aliphatic carbocycles. The Balaban J connectivity index is 1.90. The zero-order valence-electron chi connectivity index (χ0n) is 14.3. The Labute approximate surface area is 139 Å². The second-order valence-corrected chi connectivity index (χ2v) is 6.19. The van der Waals surface area contributed by atoms with Gasteiger partial charge in [-0.25, -0.2) is 9.78 Å². The highest BCUT2D eigenvalue weighted by Gasteiger charge is 2.14. The van der Waals surface area contributed by atoms with Crippen LogP contribution in [0.2, 0.25) is 0 Å². The second-order valence-electron chi connectivity index (χ2n) is 6.19. The third kappa shape index (κ3) is 2.78. The molecule has 0 fully saturated rings. The number of nitrogens with zero attached hydrogens (tertiary/aromatic N) is 4. The quantitative estimate of drug-likeness (QED) is 0.772. The van der Waals surface area contributed by atoms with Gasteiger partial charge in [0, 0.05) is 20.6 Å². The molecular weight excluding hydrogens is 306 g/mol. The standard InChI is InChI=1S/C17H21N5O2/c1-11-7-5-6-8-12(11)9-20(2)10-13-18-14-15(19-13)21(3)17(24)22(4)16(14)23/h5-8H,9-10H2,1-4H3,(H,18,19). The van der Waals surface area contributed by atoms with E-state index in [1.807, 2.05) is 19.2 Å². The van der Waals surface area contributed by atoms with Crippen molar-refractivity contribution in [3.05, 3.63) is 62.1 Å². The molecule has 0 spiro atoms. The molecule has 126 valence electrons. The van der Waals surface area contributed by atoms with Crippen LogP contribution in [0.25, 0.3) is 11.2 Å². The van der Waals surface area contributed by atoms with E-state index in [-0.39, 0.29) is 11.2 Å². The van der Waals surface area contributed by atoms with Crippen molar-refractivity contribution in [3.8, 4) is 0 Å². The number of benzene rings is 1. The van der Waals surface area contributed by atoms with Gasteiger partial charge >= 0.3 is 5.69 Å². The van der Waals surface area contributed by atoms with E-state index >= 15 is 0 Å².